The van der Waals surface area contributed by atoms with Crippen molar-refractivity contribution in [3.8, 4) is 0 Å². The van der Waals surface area contributed by atoms with Crippen molar-refractivity contribution in [1.82, 2.24) is 0 Å². The predicted molar refractivity (Wildman–Crippen MR) is 83.3 cm³/mol. The van der Waals surface area contributed by atoms with Crippen molar-refractivity contribution >= 4 is 22.9 Å². The number of nitrogens with two attached hydrogens (primary N) is 1. The zero-order chi connectivity index (χ0) is 14.3. The van der Waals surface area contributed by atoms with E-state index in [1.165, 1.54) is 9.75 Å². The summed E-state index contributed by atoms with van der Waals surface area (Å²) >= 11 is 1.77. The Hall–Kier alpha value is -1.65. The van der Waals surface area contributed by atoms with Crippen LogP contribution in [0.1, 0.15) is 33.8 Å². The van der Waals surface area contributed by atoms with Crippen molar-refractivity contribution in [3.63, 3.8) is 0 Å². The molecule has 3 rings (SSSR count). The topological polar surface area (TPSA) is 46.3 Å². The van der Waals surface area contributed by atoms with Gasteiger partial charge >= 0.3 is 0 Å². The van der Waals surface area contributed by atoms with Crippen LogP contribution in [0.2, 0.25) is 0 Å². The maximum Gasteiger partial charge on any atom is 0.231 e. The largest absolute Gasteiger partial charge is 0.320 e. The maximum atomic E-state index is 11.7. The van der Waals surface area contributed by atoms with Gasteiger partial charge in [-0.1, -0.05) is 19.1 Å². The minimum Gasteiger partial charge on any atom is -0.320 e. The molecular formula is C16H18N2OS. The van der Waals surface area contributed by atoms with Gasteiger partial charge in [-0.15, -0.1) is 11.3 Å². The van der Waals surface area contributed by atoms with E-state index in [0.717, 1.165) is 23.2 Å². The van der Waals surface area contributed by atoms with E-state index >= 15 is 0 Å². The lowest BCUT2D eigenvalue weighted by Crippen LogP contribution is -2.20. The first-order valence-corrected chi connectivity index (χ1v) is 7.65. The second kappa shape index (κ2) is 5.04. The van der Waals surface area contributed by atoms with Crippen LogP contribution in [-0.2, 0) is 17.6 Å². The van der Waals surface area contributed by atoms with Crippen LogP contribution < -0.4 is 10.6 Å². The Bertz CT molecular complexity index is 662. The Balaban J connectivity index is 1.92. The summed E-state index contributed by atoms with van der Waals surface area (Å²) in [6.07, 6.45) is 1.53. The molecule has 1 atom stereocenters. The lowest BCUT2D eigenvalue weighted by Gasteiger charge is -2.13. The van der Waals surface area contributed by atoms with Gasteiger partial charge in [0.15, 0.2) is 0 Å². The molecule has 1 aliphatic heterocycles. The van der Waals surface area contributed by atoms with Crippen LogP contribution in [-0.4, -0.2) is 13.0 Å². The van der Waals surface area contributed by atoms with Crippen molar-refractivity contribution < 1.29 is 4.79 Å². The summed E-state index contributed by atoms with van der Waals surface area (Å²) in [6.45, 7) is 2.15. The molecule has 2 heterocycles. The van der Waals surface area contributed by atoms with Gasteiger partial charge in [-0.25, -0.2) is 0 Å². The number of benzene rings is 1. The third kappa shape index (κ3) is 2.15. The first-order chi connectivity index (χ1) is 9.60. The van der Waals surface area contributed by atoms with Gasteiger partial charge in [0.05, 0.1) is 12.5 Å². The molecule has 2 aromatic rings. The number of thiophene rings is 1. The van der Waals surface area contributed by atoms with Crippen LogP contribution >= 0.6 is 11.3 Å². The second-order valence-corrected chi connectivity index (χ2v) is 6.35. The molecule has 0 saturated heterocycles. The number of hydrogen-bond donors (Lipinski definition) is 1. The smallest absolute Gasteiger partial charge is 0.231 e. The molecule has 0 fully saturated rings. The van der Waals surface area contributed by atoms with E-state index in [1.54, 1.807) is 16.2 Å². The van der Waals surface area contributed by atoms with Crippen LogP contribution in [0.15, 0.2) is 30.3 Å². The van der Waals surface area contributed by atoms with E-state index in [4.69, 9.17) is 5.73 Å². The Morgan fingerprint density at radius 2 is 2.15 bits per heavy atom. The zero-order valence-electron chi connectivity index (χ0n) is 11.7. The highest BCUT2D eigenvalue weighted by Crippen LogP contribution is 2.33. The zero-order valence-corrected chi connectivity index (χ0v) is 12.5. The van der Waals surface area contributed by atoms with Gasteiger partial charge in [0.25, 0.3) is 0 Å². The van der Waals surface area contributed by atoms with Gasteiger partial charge in [-0.05, 0) is 35.7 Å². The van der Waals surface area contributed by atoms with E-state index in [-0.39, 0.29) is 11.9 Å². The van der Waals surface area contributed by atoms with E-state index in [1.807, 2.05) is 19.2 Å². The maximum absolute atomic E-state index is 11.7. The summed E-state index contributed by atoms with van der Waals surface area (Å²) in [5.74, 6) is 0.148. The summed E-state index contributed by atoms with van der Waals surface area (Å²) in [5, 5.41) is 0. The number of rotatable bonds is 3. The molecule has 2 N–H and O–H groups in total. The number of fused-ring (bicyclic) bond motifs is 1. The standard InChI is InChI=1S/C16H18N2OS/c1-3-12-5-7-14(20-12)16(17)10-4-6-13-11(8-10)9-15(19)18(13)2/h4-8,16H,3,9,17H2,1-2H3. The van der Waals surface area contributed by atoms with Crippen LogP contribution in [0, 0.1) is 0 Å². The predicted octanol–water partition coefficient (Wildman–Crippen LogP) is 2.88. The molecule has 104 valence electrons. The minimum atomic E-state index is -0.105. The Morgan fingerprint density at radius 3 is 2.85 bits per heavy atom. The molecule has 20 heavy (non-hydrogen) atoms. The van der Waals surface area contributed by atoms with Crippen molar-refractivity contribution in [2.75, 3.05) is 11.9 Å². The molecule has 1 amide bonds. The number of hydrogen-bond acceptors (Lipinski definition) is 3. The van der Waals surface area contributed by atoms with Crippen molar-refractivity contribution in [2.24, 2.45) is 5.73 Å². The van der Waals surface area contributed by atoms with Crippen molar-refractivity contribution in [2.45, 2.75) is 25.8 Å². The Labute approximate surface area is 123 Å². The molecule has 1 aromatic carbocycles. The minimum absolute atomic E-state index is 0.105. The second-order valence-electron chi connectivity index (χ2n) is 5.15. The fraction of sp³-hybridized carbons (Fsp3) is 0.312. The lowest BCUT2D eigenvalue weighted by atomic mass is 10.0. The molecule has 0 spiro atoms. The molecule has 1 unspecified atom stereocenters. The first kappa shape index (κ1) is 13.3. The third-order valence-electron chi connectivity index (χ3n) is 3.88. The fourth-order valence-electron chi connectivity index (χ4n) is 2.60. The molecule has 4 heteroatoms. The highest BCUT2D eigenvalue weighted by molar-refractivity contribution is 7.12. The van der Waals surface area contributed by atoms with Crippen molar-refractivity contribution in [1.29, 1.82) is 0 Å². The highest BCUT2D eigenvalue weighted by Gasteiger charge is 2.25. The number of anilines is 1. The Morgan fingerprint density at radius 1 is 1.35 bits per heavy atom. The van der Waals surface area contributed by atoms with Crippen molar-refractivity contribution in [3.05, 3.63) is 51.2 Å². The number of carbonyl (C=O) groups is 1. The molecule has 0 radical (unpaired) electrons. The Kier molecular flexibility index (Phi) is 3.36. The van der Waals surface area contributed by atoms with E-state index in [2.05, 4.69) is 25.1 Å². The summed E-state index contributed by atoms with van der Waals surface area (Å²) < 4.78 is 0. The number of amides is 1. The third-order valence-corrected chi connectivity index (χ3v) is 5.19. The average Bonchev–Trinajstić information content (AvgIpc) is 3.04. The molecule has 1 aliphatic rings. The summed E-state index contributed by atoms with van der Waals surface area (Å²) in [4.78, 5) is 16.0. The first-order valence-electron chi connectivity index (χ1n) is 6.83. The lowest BCUT2D eigenvalue weighted by molar-refractivity contribution is -0.117. The van der Waals surface area contributed by atoms with Crippen LogP contribution in [0.5, 0.6) is 0 Å². The van der Waals surface area contributed by atoms with Gasteiger partial charge in [-0.2, -0.15) is 0 Å². The number of carbonyl (C=O) groups excluding carboxylic acids is 1. The molecule has 0 aliphatic carbocycles. The van der Waals surface area contributed by atoms with Gasteiger partial charge in [-0.3, -0.25) is 4.79 Å². The molecule has 0 bridgehead atoms. The average molecular weight is 286 g/mol. The monoisotopic (exact) mass is 286 g/mol. The molecule has 1 aromatic heterocycles. The van der Waals surface area contributed by atoms with E-state index in [9.17, 15) is 4.79 Å². The molecular weight excluding hydrogens is 268 g/mol. The summed E-state index contributed by atoms with van der Waals surface area (Å²) in [6, 6.07) is 10.3. The number of likely N-dealkylation sites (N-methyl/N-ethyl adjacent to an activating group) is 1. The highest BCUT2D eigenvalue weighted by atomic mass is 32.1. The van der Waals surface area contributed by atoms with E-state index in [0.29, 0.717) is 6.42 Å². The summed E-state index contributed by atoms with van der Waals surface area (Å²) in [7, 11) is 1.82. The van der Waals surface area contributed by atoms with Crippen LogP contribution in [0.3, 0.4) is 0 Å². The quantitative estimate of drug-likeness (QED) is 0.943. The SMILES string of the molecule is CCc1ccc(C(N)c2ccc3c(c2)CC(=O)N3C)s1. The van der Waals surface area contributed by atoms with Gasteiger partial charge in [0, 0.05) is 22.5 Å². The van der Waals surface area contributed by atoms with Crippen LogP contribution in [0.25, 0.3) is 0 Å². The number of aryl methyl sites for hydroxylation is 1. The van der Waals surface area contributed by atoms with E-state index < -0.39 is 0 Å². The fourth-order valence-corrected chi connectivity index (χ4v) is 3.58. The van der Waals surface area contributed by atoms with Gasteiger partial charge in [0.2, 0.25) is 5.91 Å². The number of nitrogens with zero attached hydrogens (tertiary/aromatic N) is 1. The molecule has 3 nitrogen and oxygen atoms in total. The molecule has 0 saturated carbocycles. The van der Waals surface area contributed by atoms with Gasteiger partial charge < -0.3 is 10.6 Å². The van der Waals surface area contributed by atoms with Crippen LogP contribution in [0.4, 0.5) is 5.69 Å². The normalized spacial score (nSPS) is 15.6. The van der Waals surface area contributed by atoms with Gasteiger partial charge in [0.1, 0.15) is 0 Å². The summed E-state index contributed by atoms with van der Waals surface area (Å²) in [5.41, 5.74) is 9.53.